The maximum absolute atomic E-state index is 13.0. The Morgan fingerprint density at radius 3 is 1.23 bits per heavy atom. The number of benzene rings is 5. The highest BCUT2D eigenvalue weighted by atomic mass is 16.5. The van der Waals surface area contributed by atoms with Gasteiger partial charge in [0.25, 0.3) is 0 Å². The molecule has 5 aromatic carbocycles. The summed E-state index contributed by atoms with van der Waals surface area (Å²) >= 11 is 0. The molecule has 0 aliphatic carbocycles. The lowest BCUT2D eigenvalue weighted by atomic mass is 10.0. The number of carbonyl (C=O) groups is 2. The third-order valence-corrected chi connectivity index (χ3v) is 11.4. The summed E-state index contributed by atoms with van der Waals surface area (Å²) in [7, 11) is 0. The van der Waals surface area contributed by atoms with E-state index in [9.17, 15) is 9.59 Å². The average molecular weight is 866 g/mol. The molecule has 0 amide bonds. The van der Waals surface area contributed by atoms with Crippen LogP contribution in [-0.4, -0.2) is 31.4 Å². The number of aliphatic imine (C=N–C) groups is 1. The second-order valence-corrected chi connectivity index (χ2v) is 16.8. The van der Waals surface area contributed by atoms with Crippen LogP contribution in [0.5, 0.6) is 23.0 Å². The lowest BCUT2D eigenvalue weighted by Gasteiger charge is -2.09. The van der Waals surface area contributed by atoms with Gasteiger partial charge in [0.05, 0.1) is 30.0 Å². The number of esters is 2. The summed E-state index contributed by atoms with van der Waals surface area (Å²) in [6.07, 6.45) is 27.8. The van der Waals surface area contributed by atoms with Crippen molar-refractivity contribution in [1.29, 1.82) is 0 Å². The van der Waals surface area contributed by atoms with E-state index in [-0.39, 0.29) is 11.5 Å². The highest BCUT2D eigenvalue weighted by Crippen LogP contribution is 2.26. The molecule has 0 unspecified atom stereocenters. The highest BCUT2D eigenvalue weighted by molar-refractivity contribution is 5.93. The topological polar surface area (TPSA) is 83.4 Å². The molecule has 0 fully saturated rings. The van der Waals surface area contributed by atoms with Gasteiger partial charge in [0.2, 0.25) is 0 Å². The zero-order chi connectivity index (χ0) is 44.9. The van der Waals surface area contributed by atoms with E-state index in [1.54, 1.807) is 48.7 Å². The van der Waals surface area contributed by atoms with Crippen LogP contribution in [0.25, 0.3) is 11.1 Å². The molecule has 0 atom stereocenters. The molecule has 0 bridgehead atoms. The molecule has 0 aliphatic heterocycles. The summed E-state index contributed by atoms with van der Waals surface area (Å²) in [6, 6.07) is 36.7. The molecule has 0 aliphatic rings. The molecule has 5 rings (SSSR count). The Hall–Kier alpha value is -5.69. The number of hydrogen-bond donors (Lipinski definition) is 0. The van der Waals surface area contributed by atoms with Gasteiger partial charge in [-0.3, -0.25) is 4.99 Å². The van der Waals surface area contributed by atoms with Gasteiger partial charge in [-0.2, -0.15) is 0 Å². The number of hydrogen-bond acceptors (Lipinski definition) is 7. The van der Waals surface area contributed by atoms with Gasteiger partial charge >= 0.3 is 11.9 Å². The SMILES string of the molecule is CCCCCCCCCCCCOc1ccc(N=Cc2ccc(C(=O)Oc3cccc(OC(=O)c4ccc(-c5ccc(OCCCCCCCCCCCC)cc5)cc4)c3)cc2)cc1. The Balaban J connectivity index is 0.980. The van der Waals surface area contributed by atoms with Gasteiger partial charge in [0.1, 0.15) is 23.0 Å². The van der Waals surface area contributed by atoms with Gasteiger partial charge in [-0.15, -0.1) is 0 Å². The lowest BCUT2D eigenvalue weighted by Crippen LogP contribution is -2.10. The number of carbonyl (C=O) groups excluding carboxylic acids is 2. The Kier molecular flexibility index (Phi) is 22.8. The highest BCUT2D eigenvalue weighted by Gasteiger charge is 2.13. The van der Waals surface area contributed by atoms with Crippen molar-refractivity contribution in [2.75, 3.05) is 13.2 Å². The minimum atomic E-state index is -0.523. The van der Waals surface area contributed by atoms with E-state index in [0.29, 0.717) is 11.1 Å². The Bertz CT molecular complexity index is 2070. The van der Waals surface area contributed by atoms with Crippen LogP contribution in [0.2, 0.25) is 0 Å². The van der Waals surface area contributed by atoms with Crippen molar-refractivity contribution in [2.45, 2.75) is 142 Å². The van der Waals surface area contributed by atoms with Crippen LogP contribution in [0, 0.1) is 0 Å². The van der Waals surface area contributed by atoms with Crippen LogP contribution >= 0.6 is 0 Å². The Labute approximate surface area is 383 Å². The fourth-order valence-electron chi connectivity index (χ4n) is 7.52. The molecule has 0 saturated carbocycles. The van der Waals surface area contributed by atoms with E-state index in [2.05, 4.69) is 18.8 Å². The third-order valence-electron chi connectivity index (χ3n) is 11.4. The molecule has 7 nitrogen and oxygen atoms in total. The largest absolute Gasteiger partial charge is 0.494 e. The molecule has 0 spiro atoms. The van der Waals surface area contributed by atoms with E-state index < -0.39 is 11.9 Å². The van der Waals surface area contributed by atoms with Crippen molar-refractivity contribution in [2.24, 2.45) is 4.99 Å². The van der Waals surface area contributed by atoms with Gasteiger partial charge in [-0.25, -0.2) is 9.59 Å². The van der Waals surface area contributed by atoms with Crippen LogP contribution in [0.15, 0.2) is 126 Å². The quantitative estimate of drug-likeness (QED) is 0.0191. The maximum Gasteiger partial charge on any atom is 0.343 e. The van der Waals surface area contributed by atoms with Crippen LogP contribution < -0.4 is 18.9 Å². The zero-order valence-corrected chi connectivity index (χ0v) is 38.6. The molecule has 7 heteroatoms. The van der Waals surface area contributed by atoms with Crippen LogP contribution in [0.1, 0.15) is 169 Å². The van der Waals surface area contributed by atoms with Gasteiger partial charge < -0.3 is 18.9 Å². The number of nitrogens with zero attached hydrogens (tertiary/aromatic N) is 1. The summed E-state index contributed by atoms with van der Waals surface area (Å²) in [4.78, 5) is 30.6. The van der Waals surface area contributed by atoms with Gasteiger partial charge in [-0.1, -0.05) is 172 Å². The molecule has 0 heterocycles. The summed E-state index contributed by atoms with van der Waals surface area (Å²) in [5.74, 6) is 1.22. The van der Waals surface area contributed by atoms with E-state index in [0.717, 1.165) is 59.9 Å². The number of ether oxygens (including phenoxy) is 4. The van der Waals surface area contributed by atoms with E-state index in [4.69, 9.17) is 18.9 Å². The van der Waals surface area contributed by atoms with Crippen LogP contribution in [-0.2, 0) is 0 Å². The smallest absolute Gasteiger partial charge is 0.343 e. The predicted molar refractivity (Wildman–Crippen MR) is 263 cm³/mol. The normalized spacial score (nSPS) is 11.2. The number of unbranched alkanes of at least 4 members (excludes halogenated alkanes) is 18. The van der Waals surface area contributed by atoms with Crippen LogP contribution in [0.3, 0.4) is 0 Å². The third kappa shape index (κ3) is 19.0. The number of rotatable bonds is 31. The predicted octanol–water partition coefficient (Wildman–Crippen LogP) is 16.1. The van der Waals surface area contributed by atoms with Crippen molar-refractivity contribution in [3.05, 3.63) is 138 Å². The molecular weight excluding hydrogens is 795 g/mol. The van der Waals surface area contributed by atoms with Gasteiger partial charge in [0, 0.05) is 12.3 Å². The average Bonchev–Trinajstić information content (AvgIpc) is 3.32. The summed E-state index contributed by atoms with van der Waals surface area (Å²) in [5, 5.41) is 0. The van der Waals surface area contributed by atoms with Crippen molar-refractivity contribution in [3.63, 3.8) is 0 Å². The van der Waals surface area contributed by atoms with Gasteiger partial charge in [0.15, 0.2) is 0 Å². The van der Waals surface area contributed by atoms with Crippen molar-refractivity contribution in [1.82, 2.24) is 0 Å². The first-order valence-corrected chi connectivity index (χ1v) is 24.3. The fraction of sp³-hybridized carbons (Fsp3) is 0.421. The molecule has 64 heavy (non-hydrogen) atoms. The first-order chi connectivity index (χ1) is 31.5. The molecule has 0 N–H and O–H groups in total. The first kappa shape index (κ1) is 49.3. The molecule has 0 saturated heterocycles. The molecule has 0 radical (unpaired) electrons. The van der Waals surface area contributed by atoms with Crippen LogP contribution in [0.4, 0.5) is 5.69 Å². The lowest BCUT2D eigenvalue weighted by molar-refractivity contribution is 0.0732. The summed E-state index contributed by atoms with van der Waals surface area (Å²) in [6.45, 7) is 5.99. The summed E-state index contributed by atoms with van der Waals surface area (Å²) < 4.78 is 23.2. The first-order valence-electron chi connectivity index (χ1n) is 24.3. The Morgan fingerprint density at radius 1 is 0.422 bits per heavy atom. The van der Waals surface area contributed by atoms with E-state index >= 15 is 0 Å². The van der Waals surface area contributed by atoms with E-state index in [1.807, 2.05) is 72.8 Å². The molecule has 340 valence electrons. The van der Waals surface area contributed by atoms with E-state index in [1.165, 1.54) is 122 Å². The Morgan fingerprint density at radius 2 is 0.797 bits per heavy atom. The van der Waals surface area contributed by atoms with Crippen molar-refractivity contribution >= 4 is 23.8 Å². The molecule has 5 aromatic rings. The second-order valence-electron chi connectivity index (χ2n) is 16.8. The minimum Gasteiger partial charge on any atom is -0.494 e. The monoisotopic (exact) mass is 866 g/mol. The maximum atomic E-state index is 13.0. The van der Waals surface area contributed by atoms with Crippen molar-refractivity contribution in [3.8, 4) is 34.1 Å². The van der Waals surface area contributed by atoms with Gasteiger partial charge in [-0.05, 0) is 102 Å². The fourth-order valence-corrected chi connectivity index (χ4v) is 7.52. The minimum absolute atomic E-state index is 0.267. The molecule has 0 aromatic heterocycles. The zero-order valence-electron chi connectivity index (χ0n) is 38.6. The van der Waals surface area contributed by atoms with Crippen molar-refractivity contribution < 1.29 is 28.5 Å². The standard InChI is InChI=1S/C57H71NO6/c1-3-5-7-9-11-13-15-17-19-21-42-61-52-38-34-48(35-39-52)47-30-32-50(33-31-47)57(60)64-55-25-23-24-54(44-55)63-56(59)49-28-26-46(27-29-49)45-58-51-36-40-53(41-37-51)62-43-22-20-18-16-14-12-10-8-6-4-2/h23-41,44-45H,3-22,42-43H2,1-2H3. The summed E-state index contributed by atoms with van der Waals surface area (Å²) in [5.41, 5.74) is 4.47. The molecular formula is C57H71NO6. The second kappa shape index (κ2) is 29.6.